The highest BCUT2D eigenvalue weighted by Gasteiger charge is 2.49. The van der Waals surface area contributed by atoms with Gasteiger partial charge in [-0.15, -0.1) is 0 Å². The molecule has 0 bridgehead atoms. The smallest absolute Gasteiger partial charge is 0.353 e. The summed E-state index contributed by atoms with van der Waals surface area (Å²) >= 11 is 0. The van der Waals surface area contributed by atoms with Gasteiger partial charge >= 0.3 is 5.97 Å². The van der Waals surface area contributed by atoms with Gasteiger partial charge in [0.25, 0.3) is 0 Å². The molecule has 1 N–H and O–H groups in total. The standard InChI is InChI=1S/C18H18N2O2/c1-17(2)10-18(3,11-19)13-9-20(12-7-5-4-6-8-12)15(14(13)17)16(21)22/h4-9H,10H2,1-3H3,(H,21,22). The maximum Gasteiger partial charge on any atom is 0.353 e. The Hall–Kier alpha value is -2.54. The van der Waals surface area contributed by atoms with E-state index in [0.717, 1.165) is 16.8 Å². The summed E-state index contributed by atoms with van der Waals surface area (Å²) in [5.74, 6) is -0.958. The normalized spacial score (nSPS) is 22.1. The van der Waals surface area contributed by atoms with E-state index >= 15 is 0 Å². The molecule has 0 saturated heterocycles. The summed E-state index contributed by atoms with van der Waals surface area (Å²) in [6.07, 6.45) is 2.46. The van der Waals surface area contributed by atoms with Crippen LogP contribution in [0.2, 0.25) is 0 Å². The molecule has 4 heteroatoms. The lowest BCUT2D eigenvalue weighted by Gasteiger charge is -2.23. The van der Waals surface area contributed by atoms with E-state index in [4.69, 9.17) is 0 Å². The molecule has 1 aromatic carbocycles. The van der Waals surface area contributed by atoms with Gasteiger partial charge in [0, 0.05) is 11.9 Å². The van der Waals surface area contributed by atoms with Crippen LogP contribution in [0.25, 0.3) is 5.69 Å². The third-order valence-electron chi connectivity index (χ3n) is 4.56. The fourth-order valence-corrected chi connectivity index (χ4v) is 3.78. The number of carboxylic acid groups (broad SMARTS) is 1. The minimum atomic E-state index is -0.958. The van der Waals surface area contributed by atoms with Crippen LogP contribution in [0.5, 0.6) is 0 Å². The minimum absolute atomic E-state index is 0.269. The van der Waals surface area contributed by atoms with Crippen LogP contribution in [0.1, 0.15) is 48.8 Å². The number of nitriles is 1. The predicted molar refractivity (Wildman–Crippen MR) is 83.3 cm³/mol. The number of hydrogen-bond acceptors (Lipinski definition) is 2. The second-order valence-corrected chi connectivity index (χ2v) is 6.78. The SMILES string of the molecule is CC1(C)CC(C)(C#N)c2cn(-c3ccccc3)c(C(=O)O)c21. The number of nitrogens with zero attached hydrogens (tertiary/aromatic N) is 2. The van der Waals surface area contributed by atoms with Crippen molar-refractivity contribution in [2.75, 3.05) is 0 Å². The van der Waals surface area contributed by atoms with Crippen molar-refractivity contribution in [1.82, 2.24) is 4.57 Å². The number of rotatable bonds is 2. The van der Waals surface area contributed by atoms with E-state index in [2.05, 4.69) is 6.07 Å². The Labute approximate surface area is 129 Å². The van der Waals surface area contributed by atoms with Crippen LogP contribution in [0, 0.1) is 11.3 Å². The molecule has 112 valence electrons. The number of fused-ring (bicyclic) bond motifs is 1. The lowest BCUT2D eigenvalue weighted by atomic mass is 9.81. The summed E-state index contributed by atoms with van der Waals surface area (Å²) in [4.78, 5) is 11.9. The molecule has 1 aliphatic rings. The van der Waals surface area contributed by atoms with Crippen molar-refractivity contribution >= 4 is 5.97 Å². The van der Waals surface area contributed by atoms with E-state index in [-0.39, 0.29) is 11.1 Å². The maximum absolute atomic E-state index is 11.9. The number of para-hydroxylation sites is 1. The molecule has 1 heterocycles. The second-order valence-electron chi connectivity index (χ2n) is 6.78. The summed E-state index contributed by atoms with van der Waals surface area (Å²) in [6.45, 7) is 5.91. The quantitative estimate of drug-likeness (QED) is 0.919. The van der Waals surface area contributed by atoms with Crippen molar-refractivity contribution in [3.05, 3.63) is 53.3 Å². The average molecular weight is 294 g/mol. The molecule has 1 aliphatic carbocycles. The molecule has 22 heavy (non-hydrogen) atoms. The Kier molecular flexibility index (Phi) is 2.93. The third-order valence-corrected chi connectivity index (χ3v) is 4.56. The molecule has 1 aromatic heterocycles. The number of carbonyl (C=O) groups is 1. The summed E-state index contributed by atoms with van der Waals surface area (Å²) in [5, 5.41) is 19.4. The highest BCUT2D eigenvalue weighted by molar-refractivity contribution is 5.90. The molecule has 0 aliphatic heterocycles. The Balaban J connectivity index is 2.36. The predicted octanol–water partition coefficient (Wildman–Crippen LogP) is 3.64. The molecule has 4 nitrogen and oxygen atoms in total. The number of aromatic carboxylic acids is 1. The van der Waals surface area contributed by atoms with Crippen LogP contribution in [0.4, 0.5) is 0 Å². The zero-order chi connectivity index (χ0) is 16.1. The van der Waals surface area contributed by atoms with Crippen LogP contribution in [0.3, 0.4) is 0 Å². The number of aromatic nitrogens is 1. The van der Waals surface area contributed by atoms with Gasteiger partial charge in [-0.2, -0.15) is 5.26 Å². The van der Waals surface area contributed by atoms with Crippen LogP contribution in [-0.4, -0.2) is 15.6 Å². The van der Waals surface area contributed by atoms with Crippen LogP contribution >= 0.6 is 0 Å². The Morgan fingerprint density at radius 1 is 1.27 bits per heavy atom. The number of benzene rings is 1. The average Bonchev–Trinajstić information content (AvgIpc) is 2.97. The summed E-state index contributed by atoms with van der Waals surface area (Å²) < 4.78 is 1.70. The van der Waals surface area contributed by atoms with Crippen LogP contribution < -0.4 is 0 Å². The summed E-state index contributed by atoms with van der Waals surface area (Å²) in [6, 6.07) is 11.8. The summed E-state index contributed by atoms with van der Waals surface area (Å²) in [5.41, 5.74) is 1.70. The first kappa shape index (κ1) is 14.4. The van der Waals surface area contributed by atoms with Gasteiger partial charge in [-0.3, -0.25) is 0 Å². The molecule has 0 saturated carbocycles. The Morgan fingerprint density at radius 2 is 1.91 bits per heavy atom. The molecule has 0 radical (unpaired) electrons. The van der Waals surface area contributed by atoms with Gasteiger partial charge in [-0.05, 0) is 42.0 Å². The Morgan fingerprint density at radius 3 is 2.45 bits per heavy atom. The topological polar surface area (TPSA) is 66.0 Å². The zero-order valence-electron chi connectivity index (χ0n) is 12.9. The van der Waals surface area contributed by atoms with Crippen LogP contribution in [-0.2, 0) is 10.8 Å². The van der Waals surface area contributed by atoms with E-state index < -0.39 is 11.4 Å². The lowest BCUT2D eigenvalue weighted by molar-refractivity contribution is 0.0685. The number of carboxylic acids is 1. The van der Waals surface area contributed by atoms with Gasteiger partial charge in [-0.25, -0.2) is 4.79 Å². The molecule has 0 spiro atoms. The summed E-state index contributed by atoms with van der Waals surface area (Å²) in [7, 11) is 0. The zero-order valence-corrected chi connectivity index (χ0v) is 12.9. The van der Waals surface area contributed by atoms with Gasteiger partial charge in [0.05, 0.1) is 11.5 Å². The highest BCUT2D eigenvalue weighted by Crippen LogP contribution is 2.51. The molecule has 1 atom stereocenters. The van der Waals surface area contributed by atoms with E-state index in [1.165, 1.54) is 0 Å². The molecule has 3 rings (SSSR count). The first-order valence-corrected chi connectivity index (χ1v) is 7.26. The van der Waals surface area contributed by atoms with E-state index in [1.54, 1.807) is 4.57 Å². The number of hydrogen-bond donors (Lipinski definition) is 1. The van der Waals surface area contributed by atoms with Gasteiger partial charge < -0.3 is 9.67 Å². The molecule has 1 unspecified atom stereocenters. The molecule has 2 aromatic rings. The van der Waals surface area contributed by atoms with Crippen molar-refractivity contribution in [2.45, 2.75) is 38.0 Å². The van der Waals surface area contributed by atoms with Gasteiger partial charge in [0.1, 0.15) is 5.69 Å². The fourth-order valence-electron chi connectivity index (χ4n) is 3.78. The van der Waals surface area contributed by atoms with Crippen molar-refractivity contribution < 1.29 is 9.90 Å². The first-order valence-electron chi connectivity index (χ1n) is 7.26. The third kappa shape index (κ3) is 1.86. The van der Waals surface area contributed by atoms with Crippen molar-refractivity contribution in [3.63, 3.8) is 0 Å². The van der Waals surface area contributed by atoms with Crippen LogP contribution in [0.15, 0.2) is 36.5 Å². The monoisotopic (exact) mass is 294 g/mol. The first-order chi connectivity index (χ1) is 10.3. The molecular formula is C18H18N2O2. The van der Waals surface area contributed by atoms with E-state index in [0.29, 0.717) is 6.42 Å². The van der Waals surface area contributed by atoms with Gasteiger partial charge in [0.15, 0.2) is 0 Å². The fraction of sp³-hybridized carbons (Fsp3) is 0.333. The van der Waals surface area contributed by atoms with E-state index in [1.807, 2.05) is 57.3 Å². The van der Waals surface area contributed by atoms with Gasteiger partial charge in [-0.1, -0.05) is 32.0 Å². The Bertz CT molecular complexity index is 796. The largest absolute Gasteiger partial charge is 0.477 e. The van der Waals surface area contributed by atoms with Crippen molar-refractivity contribution in [3.8, 4) is 11.8 Å². The highest BCUT2D eigenvalue weighted by atomic mass is 16.4. The van der Waals surface area contributed by atoms with Crippen molar-refractivity contribution in [1.29, 1.82) is 5.26 Å². The second kappa shape index (κ2) is 4.48. The van der Waals surface area contributed by atoms with Crippen molar-refractivity contribution in [2.24, 2.45) is 0 Å². The molecular weight excluding hydrogens is 276 g/mol. The molecule has 0 amide bonds. The lowest BCUT2D eigenvalue weighted by Crippen LogP contribution is -2.23. The minimum Gasteiger partial charge on any atom is -0.477 e. The van der Waals surface area contributed by atoms with E-state index in [9.17, 15) is 15.2 Å². The molecule has 0 fully saturated rings. The van der Waals surface area contributed by atoms with Gasteiger partial charge in [0.2, 0.25) is 0 Å². The maximum atomic E-state index is 11.9.